The van der Waals surface area contributed by atoms with Gasteiger partial charge in [-0.3, -0.25) is 4.57 Å². The van der Waals surface area contributed by atoms with Crippen LogP contribution < -0.4 is 0 Å². The third-order valence-electron chi connectivity index (χ3n) is 6.50. The summed E-state index contributed by atoms with van der Waals surface area (Å²) in [5, 5.41) is 1.50. The first-order valence-corrected chi connectivity index (χ1v) is 19.4. The fourth-order valence-corrected chi connectivity index (χ4v) is 7.06. The lowest BCUT2D eigenvalue weighted by Gasteiger charge is -2.38. The fourth-order valence-electron chi connectivity index (χ4n) is 3.45. The maximum atomic E-state index is 6.10. The molecule has 3 rings (SSSR count). The molecule has 0 saturated heterocycles. The largest absolute Gasteiger partial charge is 0.373 e. The van der Waals surface area contributed by atoms with Gasteiger partial charge < -0.3 is 8.97 Å². The molecular formula is C23H35BrIN3OSi2. The van der Waals surface area contributed by atoms with E-state index in [9.17, 15) is 0 Å². The molecule has 0 atom stereocenters. The standard InChI is InChI=1S/C23H35BrIN3OSi2/c1-23(2,3)31(7,8)28-15-19(18-10-9-17(24)13-20(18)28)21-14-26-22(25)27(21)16-29-11-12-30(4,5)6/h9-10,13-15H,11-12,16H2,1-8H3. The Labute approximate surface area is 211 Å². The summed E-state index contributed by atoms with van der Waals surface area (Å²) in [6.07, 6.45) is 4.36. The SMILES string of the molecule is CC(C)(C)[Si](C)(C)n1cc(-c2cnc(I)n2COCC[Si](C)(C)C)c2ccc(Br)cc21. The van der Waals surface area contributed by atoms with E-state index in [1.807, 2.05) is 6.20 Å². The van der Waals surface area contributed by atoms with Crippen LogP contribution in [0.4, 0.5) is 0 Å². The van der Waals surface area contributed by atoms with Gasteiger partial charge in [0, 0.05) is 64.4 Å². The van der Waals surface area contributed by atoms with E-state index in [4.69, 9.17) is 4.74 Å². The minimum Gasteiger partial charge on any atom is -0.373 e. The molecule has 0 unspecified atom stereocenters. The van der Waals surface area contributed by atoms with E-state index in [0.29, 0.717) is 6.73 Å². The van der Waals surface area contributed by atoms with Crippen molar-refractivity contribution in [2.24, 2.45) is 0 Å². The predicted octanol–water partition coefficient (Wildman–Crippen LogP) is 8.04. The van der Waals surface area contributed by atoms with Crippen LogP contribution in [-0.2, 0) is 11.5 Å². The number of nitrogens with zero attached hydrogens (tertiary/aromatic N) is 3. The van der Waals surface area contributed by atoms with E-state index < -0.39 is 16.3 Å². The summed E-state index contributed by atoms with van der Waals surface area (Å²) in [6.45, 7) is 20.5. The van der Waals surface area contributed by atoms with E-state index in [-0.39, 0.29) is 5.04 Å². The number of imidazole rings is 1. The van der Waals surface area contributed by atoms with E-state index >= 15 is 0 Å². The molecule has 3 aromatic rings. The lowest BCUT2D eigenvalue weighted by atomic mass is 10.1. The molecule has 0 spiro atoms. The monoisotopic (exact) mass is 631 g/mol. The topological polar surface area (TPSA) is 32.0 Å². The van der Waals surface area contributed by atoms with Crippen LogP contribution in [0.15, 0.2) is 35.1 Å². The van der Waals surface area contributed by atoms with Crippen molar-refractivity contribution in [1.82, 2.24) is 13.8 Å². The van der Waals surface area contributed by atoms with Crippen molar-refractivity contribution in [3.63, 3.8) is 0 Å². The zero-order chi connectivity index (χ0) is 23.2. The van der Waals surface area contributed by atoms with Crippen LogP contribution in [0.3, 0.4) is 0 Å². The van der Waals surface area contributed by atoms with Gasteiger partial charge in [0.05, 0.1) is 11.9 Å². The number of benzene rings is 1. The van der Waals surface area contributed by atoms with Crippen LogP contribution >= 0.6 is 38.5 Å². The van der Waals surface area contributed by atoms with Crippen molar-refractivity contribution in [1.29, 1.82) is 0 Å². The highest BCUT2D eigenvalue weighted by molar-refractivity contribution is 14.1. The third kappa shape index (κ3) is 5.39. The summed E-state index contributed by atoms with van der Waals surface area (Å²) in [5.74, 6) is 0. The van der Waals surface area contributed by atoms with Crippen LogP contribution in [0, 0.1) is 3.83 Å². The Hall–Kier alpha value is -0.426. The number of hydrogen-bond acceptors (Lipinski definition) is 2. The van der Waals surface area contributed by atoms with Crippen LogP contribution in [0.25, 0.3) is 22.2 Å². The zero-order valence-electron chi connectivity index (χ0n) is 20.0. The summed E-state index contributed by atoms with van der Waals surface area (Å²) < 4.78 is 13.0. The van der Waals surface area contributed by atoms with Gasteiger partial charge in [0.15, 0.2) is 12.1 Å². The van der Waals surface area contributed by atoms with E-state index in [1.54, 1.807) is 0 Å². The van der Waals surface area contributed by atoms with E-state index in [0.717, 1.165) is 20.6 Å². The molecule has 31 heavy (non-hydrogen) atoms. The Morgan fingerprint density at radius 2 is 1.81 bits per heavy atom. The highest BCUT2D eigenvalue weighted by atomic mass is 127. The molecule has 0 aliphatic rings. The molecule has 0 radical (unpaired) electrons. The first-order chi connectivity index (χ1) is 14.2. The van der Waals surface area contributed by atoms with Gasteiger partial charge in [-0.05, 0) is 23.2 Å². The molecule has 0 aliphatic carbocycles. The minimum atomic E-state index is -1.81. The summed E-state index contributed by atoms with van der Waals surface area (Å²) in [6, 6.07) is 7.80. The number of aromatic nitrogens is 3. The van der Waals surface area contributed by atoms with Crippen molar-refractivity contribution in [2.75, 3.05) is 6.61 Å². The first kappa shape index (κ1) is 25.2. The summed E-state index contributed by atoms with van der Waals surface area (Å²) >= 11 is 6.01. The van der Waals surface area contributed by atoms with Gasteiger partial charge in [-0.25, -0.2) is 4.98 Å². The van der Waals surface area contributed by atoms with Crippen LogP contribution in [-0.4, -0.2) is 36.7 Å². The summed E-state index contributed by atoms with van der Waals surface area (Å²) in [7, 11) is -2.91. The van der Waals surface area contributed by atoms with Crippen molar-refractivity contribution in [3.8, 4) is 11.3 Å². The molecule has 0 N–H and O–H groups in total. The first-order valence-electron chi connectivity index (χ1n) is 10.8. The van der Waals surface area contributed by atoms with Crippen molar-refractivity contribution < 1.29 is 4.74 Å². The maximum Gasteiger partial charge on any atom is 0.173 e. The maximum absolute atomic E-state index is 6.10. The molecule has 0 aliphatic heterocycles. The number of ether oxygens (including phenoxy) is 1. The summed E-state index contributed by atoms with van der Waals surface area (Å²) in [5.41, 5.74) is 3.65. The lowest BCUT2D eigenvalue weighted by molar-refractivity contribution is 0.0865. The second kappa shape index (κ2) is 9.08. The van der Waals surface area contributed by atoms with Crippen LogP contribution in [0.2, 0.25) is 43.8 Å². The van der Waals surface area contributed by atoms with Gasteiger partial charge >= 0.3 is 0 Å². The van der Waals surface area contributed by atoms with Gasteiger partial charge in [0.2, 0.25) is 0 Å². The van der Waals surface area contributed by atoms with Crippen LogP contribution in [0.1, 0.15) is 20.8 Å². The Kier molecular flexibility index (Phi) is 7.38. The smallest absolute Gasteiger partial charge is 0.173 e. The van der Waals surface area contributed by atoms with Crippen molar-refractivity contribution in [2.45, 2.75) is 71.3 Å². The number of hydrogen-bond donors (Lipinski definition) is 0. The molecule has 8 heteroatoms. The Bertz CT molecular complexity index is 1080. The highest BCUT2D eigenvalue weighted by Gasteiger charge is 2.39. The minimum absolute atomic E-state index is 0.229. The molecule has 0 fully saturated rings. The van der Waals surface area contributed by atoms with Crippen molar-refractivity contribution >= 4 is 65.7 Å². The second-order valence-electron chi connectivity index (χ2n) is 11.1. The van der Waals surface area contributed by atoms with Gasteiger partial charge in [-0.2, -0.15) is 0 Å². The lowest BCUT2D eigenvalue weighted by Crippen LogP contribution is -2.44. The molecule has 2 heterocycles. The number of halogens is 2. The molecule has 0 bridgehead atoms. The second-order valence-corrected chi connectivity index (χ2v) is 23.7. The molecular weight excluding hydrogens is 597 g/mol. The van der Waals surface area contributed by atoms with Gasteiger partial charge in [-0.15, -0.1) is 0 Å². The van der Waals surface area contributed by atoms with Gasteiger partial charge in [-0.1, -0.05) is 75.5 Å². The van der Waals surface area contributed by atoms with Crippen molar-refractivity contribution in [3.05, 3.63) is 38.9 Å². The van der Waals surface area contributed by atoms with Crippen LogP contribution in [0.5, 0.6) is 0 Å². The highest BCUT2D eigenvalue weighted by Crippen LogP contribution is 2.42. The van der Waals surface area contributed by atoms with E-state index in [2.05, 4.69) is 130 Å². The predicted molar refractivity (Wildman–Crippen MR) is 150 cm³/mol. The Balaban J connectivity index is 2.07. The average molecular weight is 633 g/mol. The Morgan fingerprint density at radius 1 is 1.13 bits per heavy atom. The quantitative estimate of drug-likeness (QED) is 0.150. The van der Waals surface area contributed by atoms with Gasteiger partial charge in [0.25, 0.3) is 0 Å². The molecule has 4 nitrogen and oxygen atoms in total. The van der Waals surface area contributed by atoms with Gasteiger partial charge in [0.1, 0.15) is 6.73 Å². The molecule has 2 aromatic heterocycles. The normalized spacial score (nSPS) is 13.4. The third-order valence-corrected chi connectivity index (χ3v) is 14.8. The number of rotatable bonds is 7. The van der Waals surface area contributed by atoms with E-state index in [1.165, 1.54) is 22.5 Å². The zero-order valence-corrected chi connectivity index (χ0v) is 25.8. The summed E-state index contributed by atoms with van der Waals surface area (Å²) in [4.78, 5) is 4.64. The Morgan fingerprint density at radius 3 is 2.42 bits per heavy atom. The fraction of sp³-hybridized carbons (Fsp3) is 0.522. The molecule has 170 valence electrons. The molecule has 0 saturated carbocycles. The number of fused-ring (bicyclic) bond motifs is 1. The molecule has 0 amide bonds. The average Bonchev–Trinajstić information content (AvgIpc) is 3.17. The molecule has 1 aromatic carbocycles.